The van der Waals surface area contributed by atoms with Gasteiger partial charge in [-0.2, -0.15) is 0 Å². The summed E-state index contributed by atoms with van der Waals surface area (Å²) >= 11 is 11.5. The van der Waals surface area contributed by atoms with Crippen LogP contribution in [-0.4, -0.2) is 22.9 Å². The van der Waals surface area contributed by atoms with Crippen molar-refractivity contribution < 1.29 is 4.79 Å². The molecule has 0 aromatic carbocycles. The lowest BCUT2D eigenvalue weighted by Gasteiger charge is -2.17. The van der Waals surface area contributed by atoms with Crippen molar-refractivity contribution in [2.45, 2.75) is 0 Å². The minimum atomic E-state index is -0.215. The summed E-state index contributed by atoms with van der Waals surface area (Å²) in [5, 5.41) is 0.378. The minimum Gasteiger partial charge on any atom is -0.311 e. The molecule has 0 spiro atoms. The maximum absolute atomic E-state index is 12.2. The number of nitrogens with zero attached hydrogens (tertiary/aromatic N) is 3. The molecule has 92 valence electrons. The molecule has 0 aliphatic rings. The Balaban J connectivity index is 2.31. The van der Waals surface area contributed by atoms with Gasteiger partial charge in [-0.05, 0) is 24.3 Å². The molecule has 0 atom stereocenters. The van der Waals surface area contributed by atoms with E-state index >= 15 is 0 Å². The third-order valence-corrected chi connectivity index (χ3v) is 2.75. The Morgan fingerprint density at radius 2 is 1.72 bits per heavy atom. The molecule has 0 radical (unpaired) electrons. The average molecular weight is 282 g/mol. The lowest BCUT2D eigenvalue weighted by Crippen LogP contribution is -2.26. The predicted octanol–water partition coefficient (Wildman–Crippen LogP) is 3.06. The van der Waals surface area contributed by atoms with E-state index in [1.807, 2.05) is 0 Å². The van der Waals surface area contributed by atoms with Crippen molar-refractivity contribution in [2.24, 2.45) is 0 Å². The van der Waals surface area contributed by atoms with E-state index in [1.165, 1.54) is 17.0 Å². The number of anilines is 1. The fraction of sp³-hybridized carbons (Fsp3) is 0.0833. The van der Waals surface area contributed by atoms with Gasteiger partial charge >= 0.3 is 0 Å². The van der Waals surface area contributed by atoms with E-state index in [0.29, 0.717) is 5.56 Å². The molecule has 2 aromatic heterocycles. The van der Waals surface area contributed by atoms with Gasteiger partial charge in [-0.1, -0.05) is 23.2 Å². The highest BCUT2D eigenvalue weighted by atomic mass is 35.5. The van der Waals surface area contributed by atoms with Gasteiger partial charge < -0.3 is 4.90 Å². The van der Waals surface area contributed by atoms with Gasteiger partial charge in [0.2, 0.25) is 0 Å². The quantitative estimate of drug-likeness (QED) is 0.795. The third kappa shape index (κ3) is 2.78. The molecule has 4 nitrogen and oxygen atoms in total. The maximum Gasteiger partial charge on any atom is 0.258 e. The molecule has 0 saturated carbocycles. The van der Waals surface area contributed by atoms with Crippen LogP contribution in [0.5, 0.6) is 0 Å². The van der Waals surface area contributed by atoms with Crippen LogP contribution in [0.1, 0.15) is 10.4 Å². The Hall–Kier alpha value is -1.65. The molecule has 2 rings (SSSR count). The Bertz CT molecular complexity index is 555. The molecular weight excluding hydrogens is 273 g/mol. The summed E-state index contributed by atoms with van der Waals surface area (Å²) in [4.78, 5) is 21.4. The van der Waals surface area contributed by atoms with Gasteiger partial charge in [0.1, 0.15) is 10.3 Å². The monoisotopic (exact) mass is 281 g/mol. The van der Waals surface area contributed by atoms with Crippen molar-refractivity contribution in [3.63, 3.8) is 0 Å². The summed E-state index contributed by atoms with van der Waals surface area (Å²) in [5.41, 5.74) is 1.12. The normalized spacial score (nSPS) is 10.2. The van der Waals surface area contributed by atoms with E-state index < -0.39 is 0 Å². The molecule has 18 heavy (non-hydrogen) atoms. The average Bonchev–Trinajstić information content (AvgIpc) is 2.37. The van der Waals surface area contributed by atoms with Crippen LogP contribution in [0.3, 0.4) is 0 Å². The van der Waals surface area contributed by atoms with Crippen molar-refractivity contribution in [3.8, 4) is 0 Å². The van der Waals surface area contributed by atoms with Crippen LogP contribution >= 0.6 is 23.2 Å². The Kier molecular flexibility index (Phi) is 3.79. The number of halogens is 2. The number of aromatic nitrogens is 2. The molecule has 0 fully saturated rings. The van der Waals surface area contributed by atoms with Gasteiger partial charge in [0, 0.05) is 30.7 Å². The second-order valence-electron chi connectivity index (χ2n) is 3.57. The first kappa shape index (κ1) is 12.8. The lowest BCUT2D eigenvalue weighted by molar-refractivity contribution is 0.0993. The van der Waals surface area contributed by atoms with Crippen molar-refractivity contribution in [1.29, 1.82) is 0 Å². The second-order valence-corrected chi connectivity index (χ2v) is 4.35. The lowest BCUT2D eigenvalue weighted by atomic mass is 10.2. The van der Waals surface area contributed by atoms with E-state index in [9.17, 15) is 4.79 Å². The molecule has 2 aromatic rings. The van der Waals surface area contributed by atoms with Gasteiger partial charge in [-0.3, -0.25) is 9.78 Å². The van der Waals surface area contributed by atoms with E-state index in [1.54, 1.807) is 31.6 Å². The topological polar surface area (TPSA) is 46.1 Å². The third-order valence-electron chi connectivity index (χ3n) is 2.36. The van der Waals surface area contributed by atoms with Crippen LogP contribution < -0.4 is 4.90 Å². The highest BCUT2D eigenvalue weighted by Gasteiger charge is 2.14. The fourth-order valence-electron chi connectivity index (χ4n) is 1.47. The summed E-state index contributed by atoms with van der Waals surface area (Å²) < 4.78 is 0. The minimum absolute atomic E-state index is 0.189. The fourth-order valence-corrected chi connectivity index (χ4v) is 1.93. The second kappa shape index (κ2) is 5.33. The van der Waals surface area contributed by atoms with Crippen LogP contribution in [0, 0.1) is 0 Å². The zero-order valence-corrected chi connectivity index (χ0v) is 11.0. The maximum atomic E-state index is 12.2. The first-order chi connectivity index (χ1) is 8.58. The SMILES string of the molecule is CN(C(=O)c1cc(Cl)nc(Cl)c1)c1ccncc1. The van der Waals surface area contributed by atoms with Crippen molar-refractivity contribution in [1.82, 2.24) is 9.97 Å². The predicted molar refractivity (Wildman–Crippen MR) is 71.2 cm³/mol. The molecule has 0 saturated heterocycles. The largest absolute Gasteiger partial charge is 0.311 e. The summed E-state index contributed by atoms with van der Waals surface area (Å²) in [6.45, 7) is 0. The van der Waals surface area contributed by atoms with Crippen LogP contribution in [0.4, 0.5) is 5.69 Å². The van der Waals surface area contributed by atoms with Crippen LogP contribution in [0.25, 0.3) is 0 Å². The van der Waals surface area contributed by atoms with Gasteiger partial charge in [0.15, 0.2) is 0 Å². The van der Waals surface area contributed by atoms with Gasteiger partial charge in [0.05, 0.1) is 0 Å². The molecule has 0 bridgehead atoms. The summed E-state index contributed by atoms with van der Waals surface area (Å²) in [6, 6.07) is 6.44. The molecule has 2 heterocycles. The summed E-state index contributed by atoms with van der Waals surface area (Å²) in [5.74, 6) is -0.215. The summed E-state index contributed by atoms with van der Waals surface area (Å²) in [6.07, 6.45) is 3.23. The number of pyridine rings is 2. The van der Waals surface area contributed by atoms with Crippen molar-refractivity contribution in [2.75, 3.05) is 11.9 Å². The molecule has 0 aliphatic carbocycles. The number of hydrogen-bond acceptors (Lipinski definition) is 3. The molecule has 0 aliphatic heterocycles. The Labute approximate surface area is 114 Å². The summed E-state index contributed by atoms with van der Waals surface area (Å²) in [7, 11) is 1.67. The highest BCUT2D eigenvalue weighted by molar-refractivity contribution is 6.33. The molecular formula is C12H9Cl2N3O. The van der Waals surface area contributed by atoms with E-state index in [-0.39, 0.29) is 16.2 Å². The van der Waals surface area contributed by atoms with E-state index in [4.69, 9.17) is 23.2 Å². The zero-order chi connectivity index (χ0) is 13.1. The van der Waals surface area contributed by atoms with E-state index in [2.05, 4.69) is 9.97 Å². The molecule has 1 amide bonds. The van der Waals surface area contributed by atoms with Gasteiger partial charge in [0.25, 0.3) is 5.91 Å². The van der Waals surface area contributed by atoms with Crippen LogP contribution in [0.15, 0.2) is 36.7 Å². The smallest absolute Gasteiger partial charge is 0.258 e. The van der Waals surface area contributed by atoms with Crippen LogP contribution in [0.2, 0.25) is 10.3 Å². The number of rotatable bonds is 2. The van der Waals surface area contributed by atoms with Crippen molar-refractivity contribution in [3.05, 3.63) is 52.5 Å². The van der Waals surface area contributed by atoms with Gasteiger partial charge in [-0.15, -0.1) is 0 Å². The first-order valence-electron chi connectivity index (χ1n) is 5.09. The van der Waals surface area contributed by atoms with E-state index in [0.717, 1.165) is 5.69 Å². The standard InChI is InChI=1S/C12H9Cl2N3O/c1-17(9-2-4-15-5-3-9)12(18)8-6-10(13)16-11(14)7-8/h2-7H,1H3. The number of amides is 1. The Morgan fingerprint density at radius 3 is 2.28 bits per heavy atom. The number of carbonyl (C=O) groups is 1. The van der Waals surface area contributed by atoms with Crippen molar-refractivity contribution >= 4 is 34.8 Å². The first-order valence-corrected chi connectivity index (χ1v) is 5.84. The molecule has 6 heteroatoms. The number of hydrogen-bond donors (Lipinski definition) is 0. The zero-order valence-electron chi connectivity index (χ0n) is 9.47. The number of carbonyl (C=O) groups excluding carboxylic acids is 1. The van der Waals surface area contributed by atoms with Gasteiger partial charge in [-0.25, -0.2) is 4.98 Å². The molecule has 0 N–H and O–H groups in total. The van der Waals surface area contributed by atoms with Crippen LogP contribution in [-0.2, 0) is 0 Å². The Morgan fingerprint density at radius 1 is 1.17 bits per heavy atom. The molecule has 0 unspecified atom stereocenters. The highest BCUT2D eigenvalue weighted by Crippen LogP contribution is 2.18.